The first-order chi connectivity index (χ1) is 21.1. The van der Waals surface area contributed by atoms with Gasteiger partial charge in [-0.2, -0.15) is 79.0 Å². The predicted molar refractivity (Wildman–Crippen MR) is 97.8 cm³/mol. The maximum atomic E-state index is 13.0. The second-order valence-electron chi connectivity index (χ2n) is 7.81. The monoisotopic (exact) mass is 758 g/mol. The van der Waals surface area contributed by atoms with Gasteiger partial charge < -0.3 is 28.4 Å². The van der Waals surface area contributed by atoms with Crippen LogP contribution < -0.4 is 0 Å². The van der Waals surface area contributed by atoms with Crippen LogP contribution >= 0.6 is 0 Å². The Balaban J connectivity index is 7.71. The molecule has 0 heterocycles. The van der Waals surface area contributed by atoms with Crippen molar-refractivity contribution in [1.29, 1.82) is 0 Å². The van der Waals surface area contributed by atoms with Crippen LogP contribution in [0.4, 0.5) is 79.0 Å². The van der Waals surface area contributed by atoms with Gasteiger partial charge in [0.15, 0.2) is 24.4 Å². The fourth-order valence-electron chi connectivity index (χ4n) is 2.37. The van der Waals surface area contributed by atoms with Gasteiger partial charge in [0.1, 0.15) is 13.2 Å². The number of ether oxygens (including phenoxy) is 6. The second-order valence-corrected chi connectivity index (χ2v) is 7.81. The summed E-state index contributed by atoms with van der Waals surface area (Å²) in [6.07, 6.45) is -55.8. The number of carbonyl (C=O) groups is 6. The van der Waals surface area contributed by atoms with Crippen LogP contribution in [0, 0.1) is 0 Å². The van der Waals surface area contributed by atoms with Crippen LogP contribution in [0.5, 0.6) is 0 Å². The summed E-state index contributed by atoms with van der Waals surface area (Å²) in [5, 5.41) is 0. The van der Waals surface area contributed by atoms with E-state index < -0.39 is 111 Å². The summed E-state index contributed by atoms with van der Waals surface area (Å²) in [7, 11) is 0. The minimum absolute atomic E-state index is 2.89. The summed E-state index contributed by atoms with van der Waals surface area (Å²) in [4.78, 5) is 67.6. The van der Waals surface area contributed by atoms with E-state index in [-0.39, 0.29) is 0 Å². The lowest BCUT2D eigenvalue weighted by Crippen LogP contribution is -2.57. The topological polar surface area (TPSA) is 158 Å². The number of halogens is 18. The highest BCUT2D eigenvalue weighted by Crippen LogP contribution is 2.30. The van der Waals surface area contributed by atoms with Crippen LogP contribution in [-0.2, 0) is 57.2 Å². The van der Waals surface area contributed by atoms with Crippen molar-refractivity contribution in [2.45, 2.75) is 61.5 Å². The van der Waals surface area contributed by atoms with Crippen LogP contribution in [0.15, 0.2) is 0 Å². The molecule has 0 fully saturated rings. The average Bonchev–Trinajstić information content (AvgIpc) is 2.86. The Morgan fingerprint density at radius 1 is 0.333 bits per heavy atom. The van der Waals surface area contributed by atoms with E-state index in [2.05, 4.69) is 28.4 Å². The van der Waals surface area contributed by atoms with Crippen molar-refractivity contribution < 1.29 is 136 Å². The molecule has 0 spiro atoms. The van der Waals surface area contributed by atoms with Crippen LogP contribution in [0.3, 0.4) is 0 Å². The summed E-state index contributed by atoms with van der Waals surface area (Å²) < 4.78 is 250. The third-order valence-corrected chi connectivity index (χ3v) is 4.21. The summed E-state index contributed by atoms with van der Waals surface area (Å²) in [6, 6.07) is 0. The molecule has 4 unspecified atom stereocenters. The van der Waals surface area contributed by atoms with Gasteiger partial charge in [0.2, 0.25) is 0 Å². The molecule has 12 nitrogen and oxygen atoms in total. The van der Waals surface area contributed by atoms with Gasteiger partial charge >= 0.3 is 72.9 Å². The van der Waals surface area contributed by atoms with E-state index in [4.69, 9.17) is 0 Å². The van der Waals surface area contributed by atoms with Gasteiger partial charge in [-0.15, -0.1) is 0 Å². The first-order valence-corrected chi connectivity index (χ1v) is 10.7. The fraction of sp³-hybridized carbons (Fsp3) is 0.667. The van der Waals surface area contributed by atoms with Crippen LogP contribution in [0.2, 0.25) is 0 Å². The smallest absolute Gasteiger partial charge is 0.455 e. The number of rotatable bonds is 11. The minimum Gasteiger partial charge on any atom is -0.455 e. The highest BCUT2D eigenvalue weighted by Gasteiger charge is 2.56. The van der Waals surface area contributed by atoms with Gasteiger partial charge in [-0.05, 0) is 0 Å². The molecule has 0 bridgehead atoms. The molecule has 4 atom stereocenters. The molecule has 0 radical (unpaired) electrons. The zero-order chi connectivity index (χ0) is 38.4. The lowest BCUT2D eigenvalue weighted by Gasteiger charge is -2.36. The van der Waals surface area contributed by atoms with Crippen molar-refractivity contribution in [3.63, 3.8) is 0 Å². The van der Waals surface area contributed by atoms with Crippen molar-refractivity contribution in [1.82, 2.24) is 0 Å². The molecule has 0 aliphatic heterocycles. The van der Waals surface area contributed by atoms with Crippen molar-refractivity contribution in [3.8, 4) is 0 Å². The van der Waals surface area contributed by atoms with Crippen molar-refractivity contribution in [3.05, 3.63) is 0 Å². The number of hydrogen-bond donors (Lipinski definition) is 0. The van der Waals surface area contributed by atoms with Crippen molar-refractivity contribution in [2.75, 3.05) is 13.2 Å². The normalized spacial score (nSPS) is 15.6. The number of esters is 6. The Kier molecular flexibility index (Phi) is 13.8. The molecule has 0 saturated heterocycles. The molecule has 0 aliphatic carbocycles. The summed E-state index contributed by atoms with van der Waals surface area (Å²) in [6.45, 7) is -5.78. The van der Waals surface area contributed by atoms with Gasteiger partial charge in [-0.25, -0.2) is 28.8 Å². The lowest BCUT2D eigenvalue weighted by molar-refractivity contribution is -0.254. The Labute approximate surface area is 248 Å². The summed E-state index contributed by atoms with van der Waals surface area (Å²) in [5.41, 5.74) is 0. The molecule has 48 heavy (non-hydrogen) atoms. The lowest BCUT2D eigenvalue weighted by atomic mass is 10.0. The third kappa shape index (κ3) is 14.1. The zero-order valence-corrected chi connectivity index (χ0v) is 21.4. The van der Waals surface area contributed by atoms with Gasteiger partial charge in [0, 0.05) is 0 Å². The molecule has 30 heteroatoms. The van der Waals surface area contributed by atoms with Crippen LogP contribution in [0.25, 0.3) is 0 Å². The quantitative estimate of drug-likeness (QED) is 0.173. The van der Waals surface area contributed by atoms with Gasteiger partial charge in [-0.3, -0.25) is 0 Å². The number of alkyl halides is 18. The largest absolute Gasteiger partial charge is 0.490 e. The molecule has 0 aromatic carbocycles. The number of carbonyl (C=O) groups excluding carboxylic acids is 6. The van der Waals surface area contributed by atoms with E-state index in [1.807, 2.05) is 0 Å². The first kappa shape index (κ1) is 43.6. The van der Waals surface area contributed by atoms with Gasteiger partial charge in [0.25, 0.3) is 0 Å². The van der Waals surface area contributed by atoms with E-state index in [0.29, 0.717) is 0 Å². The first-order valence-electron chi connectivity index (χ1n) is 10.7. The van der Waals surface area contributed by atoms with E-state index in [1.54, 1.807) is 0 Å². The van der Waals surface area contributed by atoms with E-state index in [0.717, 1.165) is 0 Å². The zero-order valence-electron chi connectivity index (χ0n) is 21.4. The molecule has 0 saturated carbocycles. The fourth-order valence-corrected chi connectivity index (χ4v) is 2.37. The molecule has 0 amide bonds. The molecule has 0 rings (SSSR count). The molecular formula is C18H8F18O12. The maximum Gasteiger partial charge on any atom is 0.490 e. The van der Waals surface area contributed by atoms with Crippen LogP contribution in [0.1, 0.15) is 0 Å². The highest BCUT2D eigenvalue weighted by atomic mass is 19.4. The molecule has 278 valence electrons. The molecule has 0 aromatic heterocycles. The van der Waals surface area contributed by atoms with Gasteiger partial charge in [0.05, 0.1) is 0 Å². The highest BCUT2D eigenvalue weighted by molar-refractivity contribution is 5.79. The van der Waals surface area contributed by atoms with E-state index >= 15 is 0 Å². The molecule has 0 aromatic rings. The maximum absolute atomic E-state index is 13.0. The SMILES string of the molecule is O=C(OCC(OC(=O)C(F)(F)F)C(OC(=O)C(F)(F)F)C(OC(=O)C(F)(F)F)C(COC(=O)C(F)(F)F)OC(=O)C(F)(F)F)C(F)(F)F. The van der Waals surface area contributed by atoms with Gasteiger partial charge in [-0.1, -0.05) is 0 Å². The molecule has 0 N–H and O–H groups in total. The molecular weight excluding hydrogens is 750 g/mol. The van der Waals surface area contributed by atoms with Crippen LogP contribution in [-0.4, -0.2) is 111 Å². The minimum atomic E-state index is -6.57. The Morgan fingerprint density at radius 3 is 0.708 bits per heavy atom. The Bertz CT molecular complexity index is 1100. The standard InChI is InChI=1S/C18H8F18O12/c19-13(20,21)7(37)43-1-3(45-9(39)15(25,26)27)5(47-11(41)17(31,32)33)6(48-12(42)18(34,35)36)4(46-10(40)16(28,29)30)2-44-8(38)14(22,23)24/h3-6H,1-2H2. The second kappa shape index (κ2) is 15.2. The average molecular weight is 758 g/mol. The Morgan fingerprint density at radius 2 is 0.521 bits per heavy atom. The predicted octanol–water partition coefficient (Wildman–Crippen LogP) is 3.09. The Hall–Kier alpha value is -4.44. The number of hydrogen-bond acceptors (Lipinski definition) is 12. The van der Waals surface area contributed by atoms with E-state index in [9.17, 15) is 108 Å². The summed E-state index contributed by atoms with van der Waals surface area (Å²) >= 11 is 0. The van der Waals surface area contributed by atoms with E-state index in [1.165, 1.54) is 0 Å². The summed E-state index contributed by atoms with van der Waals surface area (Å²) in [5.74, 6) is -22.9. The van der Waals surface area contributed by atoms with Crippen molar-refractivity contribution >= 4 is 35.8 Å². The molecule has 0 aliphatic rings. The van der Waals surface area contributed by atoms with Crippen molar-refractivity contribution in [2.24, 2.45) is 0 Å². The third-order valence-electron chi connectivity index (χ3n) is 4.21.